The fraction of sp³-hybridized carbons (Fsp3) is 0.600. The second-order valence-corrected chi connectivity index (χ2v) is 5.52. The minimum Gasteiger partial charge on any atom is -0.469 e. The third kappa shape index (κ3) is 2.86. The van der Waals surface area contributed by atoms with Gasteiger partial charge >= 0.3 is 0 Å². The summed E-state index contributed by atoms with van der Waals surface area (Å²) < 4.78 is 5.30. The van der Waals surface area contributed by atoms with Crippen LogP contribution in [0.5, 0.6) is 0 Å². The molecule has 0 aliphatic carbocycles. The molecule has 0 radical (unpaired) electrons. The molecule has 20 heavy (non-hydrogen) atoms. The highest BCUT2D eigenvalue weighted by Gasteiger charge is 2.40. The Bertz CT molecular complexity index is 467. The molecule has 1 aromatic rings. The van der Waals surface area contributed by atoms with Gasteiger partial charge in [-0.2, -0.15) is 0 Å². The molecule has 0 saturated carbocycles. The van der Waals surface area contributed by atoms with Crippen LogP contribution < -0.4 is 5.32 Å². The second kappa shape index (κ2) is 6.11. The molecule has 2 atom stereocenters. The summed E-state index contributed by atoms with van der Waals surface area (Å²) >= 11 is 0. The lowest BCUT2D eigenvalue weighted by Crippen LogP contribution is -2.64. The molecule has 1 fully saturated rings. The summed E-state index contributed by atoms with van der Waals surface area (Å²) in [5.41, 5.74) is 0. The summed E-state index contributed by atoms with van der Waals surface area (Å²) in [6.07, 6.45) is 2.87. The van der Waals surface area contributed by atoms with Crippen LogP contribution in [-0.4, -0.2) is 35.3 Å². The van der Waals surface area contributed by atoms with Crippen LogP contribution in [0.4, 0.5) is 0 Å². The molecule has 2 heterocycles. The number of piperazine rings is 1. The lowest BCUT2D eigenvalue weighted by atomic mass is 9.96. The molecule has 1 aromatic heterocycles. The quantitative estimate of drug-likeness (QED) is 0.889. The Balaban J connectivity index is 2.13. The van der Waals surface area contributed by atoms with Crippen molar-refractivity contribution >= 4 is 11.8 Å². The Morgan fingerprint density at radius 3 is 2.70 bits per heavy atom. The van der Waals surface area contributed by atoms with Crippen LogP contribution in [0.2, 0.25) is 0 Å². The predicted molar refractivity (Wildman–Crippen MR) is 75.0 cm³/mol. The number of hydrogen-bond donors (Lipinski definition) is 1. The van der Waals surface area contributed by atoms with Crippen LogP contribution in [0.1, 0.15) is 33.0 Å². The SMILES string of the molecule is CCC1NC(=O)C(C(C)C)N(CCc2ccco2)C1=O. The molecular formula is C15H22N2O3. The minimum atomic E-state index is -0.394. The first-order chi connectivity index (χ1) is 9.54. The molecule has 1 N–H and O–H groups in total. The van der Waals surface area contributed by atoms with E-state index in [1.807, 2.05) is 32.9 Å². The third-order valence-corrected chi connectivity index (χ3v) is 3.72. The van der Waals surface area contributed by atoms with E-state index in [1.54, 1.807) is 11.2 Å². The highest BCUT2D eigenvalue weighted by molar-refractivity contribution is 5.97. The molecule has 0 bridgehead atoms. The summed E-state index contributed by atoms with van der Waals surface area (Å²) in [5, 5.41) is 2.82. The smallest absolute Gasteiger partial charge is 0.245 e. The topological polar surface area (TPSA) is 62.6 Å². The lowest BCUT2D eigenvalue weighted by molar-refractivity contribution is -0.151. The monoisotopic (exact) mass is 278 g/mol. The van der Waals surface area contributed by atoms with Crippen LogP contribution >= 0.6 is 0 Å². The molecule has 1 aliphatic heterocycles. The van der Waals surface area contributed by atoms with Crippen LogP contribution in [0.3, 0.4) is 0 Å². The summed E-state index contributed by atoms with van der Waals surface area (Å²) in [7, 11) is 0. The second-order valence-electron chi connectivity index (χ2n) is 5.52. The zero-order chi connectivity index (χ0) is 14.7. The fourth-order valence-corrected chi connectivity index (χ4v) is 2.67. The molecule has 1 aliphatic rings. The van der Waals surface area contributed by atoms with E-state index in [9.17, 15) is 9.59 Å². The molecule has 0 aromatic carbocycles. The molecule has 5 nitrogen and oxygen atoms in total. The molecular weight excluding hydrogens is 256 g/mol. The average molecular weight is 278 g/mol. The van der Waals surface area contributed by atoms with Crippen LogP contribution in [-0.2, 0) is 16.0 Å². The first kappa shape index (κ1) is 14.6. The number of furan rings is 1. The van der Waals surface area contributed by atoms with E-state index < -0.39 is 6.04 Å². The zero-order valence-electron chi connectivity index (χ0n) is 12.3. The van der Waals surface area contributed by atoms with Crippen molar-refractivity contribution in [2.75, 3.05) is 6.54 Å². The summed E-state index contributed by atoms with van der Waals surface area (Å²) in [5.74, 6) is 0.885. The highest BCUT2D eigenvalue weighted by Crippen LogP contribution is 2.19. The Labute approximate surface area is 119 Å². The van der Waals surface area contributed by atoms with Crippen molar-refractivity contribution in [2.45, 2.75) is 45.7 Å². The van der Waals surface area contributed by atoms with Crippen molar-refractivity contribution in [3.8, 4) is 0 Å². The summed E-state index contributed by atoms with van der Waals surface area (Å²) in [6.45, 7) is 6.34. The Morgan fingerprint density at radius 2 is 2.15 bits per heavy atom. The number of carbonyl (C=O) groups is 2. The van der Waals surface area contributed by atoms with E-state index in [4.69, 9.17) is 4.42 Å². The number of nitrogens with zero attached hydrogens (tertiary/aromatic N) is 1. The first-order valence-electron chi connectivity index (χ1n) is 7.17. The molecule has 2 unspecified atom stereocenters. The minimum absolute atomic E-state index is 0.0114. The van der Waals surface area contributed by atoms with E-state index in [1.165, 1.54) is 0 Å². The number of rotatable bonds is 5. The Kier molecular flexibility index (Phi) is 4.47. The summed E-state index contributed by atoms with van der Waals surface area (Å²) in [4.78, 5) is 26.4. The molecule has 2 amide bonds. The number of hydrogen-bond acceptors (Lipinski definition) is 3. The van der Waals surface area contributed by atoms with Gasteiger partial charge in [0, 0.05) is 13.0 Å². The van der Waals surface area contributed by atoms with Crippen molar-refractivity contribution in [3.63, 3.8) is 0 Å². The van der Waals surface area contributed by atoms with Gasteiger partial charge in [-0.1, -0.05) is 20.8 Å². The van der Waals surface area contributed by atoms with Gasteiger partial charge in [-0.3, -0.25) is 9.59 Å². The molecule has 0 spiro atoms. The maximum atomic E-state index is 12.5. The third-order valence-electron chi connectivity index (χ3n) is 3.72. The predicted octanol–water partition coefficient (Wildman–Crippen LogP) is 1.58. The van der Waals surface area contributed by atoms with Gasteiger partial charge in [-0.25, -0.2) is 0 Å². The maximum absolute atomic E-state index is 12.5. The molecule has 110 valence electrons. The summed E-state index contributed by atoms with van der Waals surface area (Å²) in [6, 6.07) is 2.93. The van der Waals surface area contributed by atoms with E-state index >= 15 is 0 Å². The van der Waals surface area contributed by atoms with Gasteiger partial charge in [0.15, 0.2) is 0 Å². The van der Waals surface area contributed by atoms with Crippen molar-refractivity contribution in [1.29, 1.82) is 0 Å². The standard InChI is InChI=1S/C15H22N2O3/c1-4-12-15(19)17(8-7-11-6-5-9-20-11)13(10(2)3)14(18)16-12/h5-6,9-10,12-13H,4,7-8H2,1-3H3,(H,16,18). The van der Waals surface area contributed by atoms with E-state index in [-0.39, 0.29) is 23.8 Å². The van der Waals surface area contributed by atoms with Gasteiger partial charge < -0.3 is 14.6 Å². The normalized spacial score (nSPS) is 23.3. The van der Waals surface area contributed by atoms with Crippen LogP contribution in [0, 0.1) is 5.92 Å². The van der Waals surface area contributed by atoms with Crippen molar-refractivity contribution < 1.29 is 14.0 Å². The van der Waals surface area contributed by atoms with Crippen molar-refractivity contribution in [2.24, 2.45) is 5.92 Å². The van der Waals surface area contributed by atoms with Crippen LogP contribution in [0.25, 0.3) is 0 Å². The van der Waals surface area contributed by atoms with Crippen molar-refractivity contribution in [1.82, 2.24) is 10.2 Å². The average Bonchev–Trinajstić information content (AvgIpc) is 2.91. The van der Waals surface area contributed by atoms with Gasteiger partial charge in [-0.05, 0) is 24.5 Å². The zero-order valence-corrected chi connectivity index (χ0v) is 12.3. The van der Waals surface area contributed by atoms with Gasteiger partial charge in [0.25, 0.3) is 0 Å². The first-order valence-corrected chi connectivity index (χ1v) is 7.17. The largest absolute Gasteiger partial charge is 0.469 e. The van der Waals surface area contributed by atoms with Crippen LogP contribution in [0.15, 0.2) is 22.8 Å². The molecule has 1 saturated heterocycles. The number of amides is 2. The molecule has 2 rings (SSSR count). The van der Waals surface area contributed by atoms with Gasteiger partial charge in [0.05, 0.1) is 6.26 Å². The van der Waals surface area contributed by atoms with E-state index in [2.05, 4.69) is 5.32 Å². The Morgan fingerprint density at radius 1 is 1.40 bits per heavy atom. The number of nitrogens with one attached hydrogen (secondary N) is 1. The fourth-order valence-electron chi connectivity index (χ4n) is 2.67. The highest BCUT2D eigenvalue weighted by atomic mass is 16.3. The molecule has 5 heteroatoms. The van der Waals surface area contributed by atoms with E-state index in [0.29, 0.717) is 19.4 Å². The number of carbonyl (C=O) groups excluding carboxylic acids is 2. The van der Waals surface area contributed by atoms with E-state index in [0.717, 1.165) is 5.76 Å². The van der Waals surface area contributed by atoms with Gasteiger partial charge in [-0.15, -0.1) is 0 Å². The van der Waals surface area contributed by atoms with Gasteiger partial charge in [0.1, 0.15) is 17.8 Å². The lowest BCUT2D eigenvalue weighted by Gasteiger charge is -2.40. The van der Waals surface area contributed by atoms with Crippen molar-refractivity contribution in [3.05, 3.63) is 24.2 Å². The maximum Gasteiger partial charge on any atom is 0.245 e. The van der Waals surface area contributed by atoms with Gasteiger partial charge in [0.2, 0.25) is 11.8 Å². The Hall–Kier alpha value is -1.78.